The molecular formula is C25H30N4O2. The summed E-state index contributed by atoms with van der Waals surface area (Å²) in [5.74, 6) is 0.472. The first-order valence-electron chi connectivity index (χ1n) is 11.0. The van der Waals surface area contributed by atoms with Crippen molar-refractivity contribution >= 4 is 17.5 Å². The van der Waals surface area contributed by atoms with Crippen LogP contribution in [0.15, 0.2) is 55.0 Å². The molecule has 1 saturated heterocycles. The summed E-state index contributed by atoms with van der Waals surface area (Å²) in [6.07, 6.45) is 7.39. The fraction of sp³-hybridized carbons (Fsp3) is 0.400. The Bertz CT molecular complexity index is 1080. The predicted molar refractivity (Wildman–Crippen MR) is 121 cm³/mol. The monoisotopic (exact) mass is 418 g/mol. The van der Waals surface area contributed by atoms with E-state index < -0.39 is 0 Å². The molecule has 2 amide bonds. The van der Waals surface area contributed by atoms with Gasteiger partial charge in [0.2, 0.25) is 5.91 Å². The predicted octanol–water partition coefficient (Wildman–Crippen LogP) is 4.02. The van der Waals surface area contributed by atoms with Crippen LogP contribution in [0.5, 0.6) is 0 Å². The van der Waals surface area contributed by atoms with E-state index in [2.05, 4.69) is 17.2 Å². The number of hydrogen-bond acceptors (Lipinski definition) is 3. The summed E-state index contributed by atoms with van der Waals surface area (Å²) in [6.45, 7) is 8.11. The van der Waals surface area contributed by atoms with Gasteiger partial charge in [0.15, 0.2) is 0 Å². The van der Waals surface area contributed by atoms with E-state index in [4.69, 9.17) is 0 Å². The fourth-order valence-corrected chi connectivity index (χ4v) is 4.05. The van der Waals surface area contributed by atoms with E-state index in [0.717, 1.165) is 37.1 Å². The van der Waals surface area contributed by atoms with Crippen molar-refractivity contribution < 1.29 is 9.59 Å². The molecule has 1 atom stereocenters. The lowest BCUT2D eigenvalue weighted by atomic mass is 9.88. The maximum atomic E-state index is 12.7. The topological polar surface area (TPSA) is 66.7 Å². The lowest BCUT2D eigenvalue weighted by Gasteiger charge is -2.28. The highest BCUT2D eigenvalue weighted by atomic mass is 16.2. The molecule has 1 aliphatic rings. The van der Waals surface area contributed by atoms with Crippen molar-refractivity contribution in [2.45, 2.75) is 46.1 Å². The Hall–Kier alpha value is -3.15. The smallest absolute Gasteiger partial charge is 0.251 e. The summed E-state index contributed by atoms with van der Waals surface area (Å²) in [6, 6.07) is 11.7. The number of likely N-dealkylation sites (tertiary alicyclic amines) is 1. The van der Waals surface area contributed by atoms with Gasteiger partial charge in [-0.05, 0) is 48.2 Å². The lowest BCUT2D eigenvalue weighted by molar-refractivity contribution is -0.139. The van der Waals surface area contributed by atoms with Gasteiger partial charge in [-0.1, -0.05) is 32.9 Å². The van der Waals surface area contributed by atoms with E-state index in [-0.39, 0.29) is 17.2 Å². The minimum atomic E-state index is -0.307. The minimum absolute atomic E-state index is 0.0947. The molecule has 6 heteroatoms. The van der Waals surface area contributed by atoms with Crippen molar-refractivity contribution in [2.75, 3.05) is 13.1 Å². The van der Waals surface area contributed by atoms with E-state index in [1.165, 1.54) is 5.56 Å². The molecule has 0 aliphatic carbocycles. The zero-order valence-electron chi connectivity index (χ0n) is 18.5. The molecule has 1 N–H and O–H groups in total. The Morgan fingerprint density at radius 1 is 1.16 bits per heavy atom. The van der Waals surface area contributed by atoms with Gasteiger partial charge in [0.05, 0.1) is 0 Å². The second-order valence-electron chi connectivity index (χ2n) is 9.01. The van der Waals surface area contributed by atoms with E-state index in [1.807, 2.05) is 71.9 Å². The van der Waals surface area contributed by atoms with Crippen LogP contribution in [0.2, 0.25) is 0 Å². The maximum Gasteiger partial charge on any atom is 0.251 e. The summed E-state index contributed by atoms with van der Waals surface area (Å²) in [5, 5.41) is 2.98. The Kier molecular flexibility index (Phi) is 5.81. The molecule has 1 fully saturated rings. The number of imidazole rings is 1. The largest absolute Gasteiger partial charge is 0.348 e. The molecule has 1 unspecified atom stereocenters. The zero-order chi connectivity index (χ0) is 22.0. The summed E-state index contributed by atoms with van der Waals surface area (Å²) < 4.78 is 1.94. The third-order valence-electron chi connectivity index (χ3n) is 6.50. The quantitative estimate of drug-likeness (QED) is 0.658. The van der Waals surface area contributed by atoms with Crippen LogP contribution in [0, 0.1) is 5.41 Å². The molecule has 31 heavy (non-hydrogen) atoms. The molecule has 2 aromatic heterocycles. The zero-order valence-corrected chi connectivity index (χ0v) is 18.5. The van der Waals surface area contributed by atoms with Crippen LogP contribution >= 0.6 is 0 Å². The molecule has 0 spiro atoms. The number of amides is 2. The molecule has 0 radical (unpaired) electrons. The number of nitrogens with zero attached hydrogens (tertiary/aromatic N) is 3. The van der Waals surface area contributed by atoms with Gasteiger partial charge < -0.3 is 14.6 Å². The summed E-state index contributed by atoms with van der Waals surface area (Å²) in [4.78, 5) is 31.6. The number of carbonyl (C=O) groups excluding carboxylic acids is 2. The first-order valence-corrected chi connectivity index (χ1v) is 11.0. The number of aromatic nitrogens is 2. The van der Waals surface area contributed by atoms with Gasteiger partial charge in [0.1, 0.15) is 5.65 Å². The minimum Gasteiger partial charge on any atom is -0.348 e. The second kappa shape index (κ2) is 8.53. The number of hydrogen-bond donors (Lipinski definition) is 1. The van der Waals surface area contributed by atoms with E-state index in [0.29, 0.717) is 18.0 Å². The Morgan fingerprint density at radius 3 is 2.68 bits per heavy atom. The molecule has 162 valence electrons. The average molecular weight is 419 g/mol. The maximum absolute atomic E-state index is 12.7. The number of benzene rings is 1. The van der Waals surface area contributed by atoms with Crippen LogP contribution in [0.25, 0.3) is 5.65 Å². The van der Waals surface area contributed by atoms with Gasteiger partial charge in [-0.2, -0.15) is 0 Å². The Balaban J connectivity index is 1.34. The molecule has 1 aromatic carbocycles. The number of nitrogens with one attached hydrogen (secondary N) is 1. The van der Waals surface area contributed by atoms with Crippen LogP contribution < -0.4 is 5.32 Å². The normalized spacial score (nSPS) is 16.6. The third kappa shape index (κ3) is 4.48. The molecule has 3 heterocycles. The SMILES string of the molecule is CCC(C)(C)C(=O)N1CCC(c2ccc(C(=O)NCc3ccn4ccnc4c3)cc2)C1. The number of rotatable bonds is 6. The molecule has 0 saturated carbocycles. The first-order chi connectivity index (χ1) is 14.9. The van der Waals surface area contributed by atoms with Crippen LogP contribution in [-0.4, -0.2) is 39.2 Å². The van der Waals surface area contributed by atoms with Gasteiger partial charge in [0, 0.05) is 55.1 Å². The van der Waals surface area contributed by atoms with E-state index in [1.54, 1.807) is 6.20 Å². The van der Waals surface area contributed by atoms with Crippen molar-refractivity contribution in [1.82, 2.24) is 19.6 Å². The van der Waals surface area contributed by atoms with E-state index in [9.17, 15) is 9.59 Å². The molecule has 4 rings (SSSR count). The Morgan fingerprint density at radius 2 is 1.94 bits per heavy atom. The molecule has 0 bridgehead atoms. The van der Waals surface area contributed by atoms with Crippen LogP contribution in [0.1, 0.15) is 61.0 Å². The van der Waals surface area contributed by atoms with Crippen LogP contribution in [0.3, 0.4) is 0 Å². The highest BCUT2D eigenvalue weighted by Crippen LogP contribution is 2.31. The molecular weight excluding hydrogens is 388 g/mol. The summed E-state index contributed by atoms with van der Waals surface area (Å²) >= 11 is 0. The second-order valence-corrected chi connectivity index (χ2v) is 9.01. The van der Waals surface area contributed by atoms with Crippen molar-refractivity contribution in [3.05, 3.63) is 71.7 Å². The number of pyridine rings is 1. The first kappa shape index (κ1) is 21.1. The Labute approximate surface area is 183 Å². The number of fused-ring (bicyclic) bond motifs is 1. The van der Waals surface area contributed by atoms with Crippen molar-refractivity contribution in [3.8, 4) is 0 Å². The van der Waals surface area contributed by atoms with Crippen molar-refractivity contribution in [1.29, 1.82) is 0 Å². The van der Waals surface area contributed by atoms with Gasteiger partial charge in [-0.3, -0.25) is 9.59 Å². The summed E-state index contributed by atoms with van der Waals surface area (Å²) in [5.41, 5.74) is 3.39. The van der Waals surface area contributed by atoms with Crippen molar-refractivity contribution in [3.63, 3.8) is 0 Å². The van der Waals surface area contributed by atoms with Crippen molar-refractivity contribution in [2.24, 2.45) is 5.41 Å². The standard InChI is InChI=1S/C25H30N4O2/c1-4-25(2,3)24(31)29-13-10-21(17-29)19-5-7-20(8-6-19)23(30)27-16-18-9-12-28-14-11-26-22(28)15-18/h5-9,11-12,14-15,21H,4,10,13,16-17H2,1-3H3,(H,27,30). The third-order valence-corrected chi connectivity index (χ3v) is 6.50. The fourth-order valence-electron chi connectivity index (χ4n) is 4.05. The van der Waals surface area contributed by atoms with Crippen LogP contribution in [0.4, 0.5) is 0 Å². The lowest BCUT2D eigenvalue weighted by Crippen LogP contribution is -2.39. The van der Waals surface area contributed by atoms with Gasteiger partial charge in [-0.25, -0.2) is 4.98 Å². The summed E-state index contributed by atoms with van der Waals surface area (Å²) in [7, 11) is 0. The molecule has 1 aliphatic heterocycles. The number of carbonyl (C=O) groups is 2. The average Bonchev–Trinajstić information content (AvgIpc) is 3.46. The molecule has 3 aromatic rings. The van der Waals surface area contributed by atoms with Gasteiger partial charge in [-0.15, -0.1) is 0 Å². The highest BCUT2D eigenvalue weighted by Gasteiger charge is 2.35. The van der Waals surface area contributed by atoms with E-state index >= 15 is 0 Å². The van der Waals surface area contributed by atoms with Gasteiger partial charge in [0.25, 0.3) is 5.91 Å². The highest BCUT2D eigenvalue weighted by molar-refractivity contribution is 5.94. The van der Waals surface area contributed by atoms with Crippen LogP contribution in [-0.2, 0) is 11.3 Å². The van der Waals surface area contributed by atoms with Gasteiger partial charge >= 0.3 is 0 Å². The molecule has 6 nitrogen and oxygen atoms in total.